The Bertz CT molecular complexity index is 973. The van der Waals surface area contributed by atoms with E-state index < -0.39 is 27.7 Å². The average molecular weight is 548 g/mol. The van der Waals surface area contributed by atoms with Gasteiger partial charge in [-0.15, -0.1) is 0 Å². The smallest absolute Gasteiger partial charge is 0.163 e. The predicted octanol–water partition coefficient (Wildman–Crippen LogP) is 4.30. The average Bonchev–Trinajstić information content (AvgIpc) is 3.08. The number of aliphatic hydroxyl groups excluding tert-OH is 1. The van der Waals surface area contributed by atoms with E-state index >= 15 is 0 Å². The number of nitrogens with one attached hydrogen (secondary N) is 1. The van der Waals surface area contributed by atoms with Crippen LogP contribution in [0.3, 0.4) is 0 Å². The number of ether oxygens (including phenoxy) is 3. The maximum Gasteiger partial charge on any atom is 0.163 e. The first-order valence-electron chi connectivity index (χ1n) is 12.0. The molecule has 2 heterocycles. The van der Waals surface area contributed by atoms with Crippen molar-refractivity contribution < 1.29 is 23.5 Å². The molecule has 0 spiro atoms. The summed E-state index contributed by atoms with van der Waals surface area (Å²) < 4.78 is 33.6. The third kappa shape index (κ3) is 5.91. The molecule has 196 valence electrons. The third-order valence-corrected chi connectivity index (χ3v) is 9.25. The zero-order valence-electron chi connectivity index (χ0n) is 20.9. The first-order chi connectivity index (χ1) is 16.3. The van der Waals surface area contributed by atoms with Gasteiger partial charge in [0.2, 0.25) is 0 Å². The van der Waals surface area contributed by atoms with Crippen molar-refractivity contribution in [2.24, 2.45) is 17.8 Å². The molecular formula is C25H36Cl2N2O5S. The predicted molar refractivity (Wildman–Crippen MR) is 139 cm³/mol. The zero-order chi connectivity index (χ0) is 25.7. The number of fused-ring (bicyclic) bond motifs is 1. The van der Waals surface area contributed by atoms with Crippen molar-refractivity contribution in [3.05, 3.63) is 40.4 Å². The number of piperidine rings is 1. The molecule has 35 heavy (non-hydrogen) atoms. The van der Waals surface area contributed by atoms with Gasteiger partial charge in [0, 0.05) is 24.7 Å². The summed E-state index contributed by atoms with van der Waals surface area (Å²) in [6.45, 7) is 15.4. The molecule has 0 amide bonds. The van der Waals surface area contributed by atoms with Gasteiger partial charge in [0.1, 0.15) is 24.7 Å². The number of rotatable bonds is 9. The molecule has 4 rings (SSSR count). The number of nitrogens with zero attached hydrogens (tertiary/aromatic N) is 1. The van der Waals surface area contributed by atoms with E-state index in [-0.39, 0.29) is 18.1 Å². The molecule has 3 fully saturated rings. The lowest BCUT2D eigenvalue weighted by molar-refractivity contribution is -0.167. The summed E-state index contributed by atoms with van der Waals surface area (Å²) in [6, 6.07) is 3.28. The Hall–Kier alpha value is -0.710. The highest BCUT2D eigenvalue weighted by molar-refractivity contribution is 7.84. The molecule has 0 aromatic heterocycles. The minimum absolute atomic E-state index is 0.213. The SMILES string of the molecule is C=CCOc1cc(Cl)c(Cl)cc1C(NS(=O)C(C)(C)C)C1[C@H]2CN(C(O)[C@H]3COC(C)(C)O3)C[C@@H]12. The molecule has 7 nitrogen and oxygen atoms in total. The van der Waals surface area contributed by atoms with Crippen molar-refractivity contribution in [2.75, 3.05) is 26.3 Å². The fourth-order valence-electron chi connectivity index (χ4n) is 5.12. The number of likely N-dealkylation sites (tertiary alicyclic amines) is 1. The Kier molecular flexibility index (Phi) is 7.98. The van der Waals surface area contributed by atoms with Crippen LogP contribution in [0, 0.1) is 17.8 Å². The molecule has 1 saturated carbocycles. The van der Waals surface area contributed by atoms with E-state index in [9.17, 15) is 9.32 Å². The van der Waals surface area contributed by atoms with Crippen LogP contribution in [0.25, 0.3) is 0 Å². The summed E-state index contributed by atoms with van der Waals surface area (Å²) in [5.41, 5.74) is 0.833. The van der Waals surface area contributed by atoms with Crippen molar-refractivity contribution in [3.63, 3.8) is 0 Å². The number of benzene rings is 1. The summed E-state index contributed by atoms with van der Waals surface area (Å²) in [7, 11) is -1.31. The second kappa shape index (κ2) is 10.2. The molecule has 3 aliphatic rings. The van der Waals surface area contributed by atoms with Gasteiger partial charge in [-0.1, -0.05) is 35.9 Å². The van der Waals surface area contributed by atoms with E-state index in [1.807, 2.05) is 40.7 Å². The lowest BCUT2D eigenvalue weighted by Gasteiger charge is -2.32. The number of halogens is 2. The van der Waals surface area contributed by atoms with Gasteiger partial charge >= 0.3 is 0 Å². The van der Waals surface area contributed by atoms with Gasteiger partial charge in [-0.3, -0.25) is 4.90 Å². The van der Waals surface area contributed by atoms with Crippen LogP contribution in [0.2, 0.25) is 10.0 Å². The maximum absolute atomic E-state index is 13.2. The van der Waals surface area contributed by atoms with Crippen molar-refractivity contribution >= 4 is 34.2 Å². The Labute approximate surface area is 220 Å². The molecule has 0 radical (unpaired) electrons. The van der Waals surface area contributed by atoms with Crippen LogP contribution in [0.15, 0.2) is 24.8 Å². The Morgan fingerprint density at radius 1 is 1.31 bits per heavy atom. The Morgan fingerprint density at radius 2 is 1.94 bits per heavy atom. The molecule has 10 heteroatoms. The zero-order valence-corrected chi connectivity index (χ0v) is 23.3. The molecule has 2 saturated heterocycles. The molecule has 7 atom stereocenters. The maximum atomic E-state index is 13.2. The van der Waals surface area contributed by atoms with E-state index in [1.54, 1.807) is 12.1 Å². The molecule has 1 aromatic rings. The van der Waals surface area contributed by atoms with Gasteiger partial charge < -0.3 is 19.3 Å². The van der Waals surface area contributed by atoms with Crippen LogP contribution in [-0.4, -0.2) is 63.4 Å². The molecule has 0 bridgehead atoms. The molecular weight excluding hydrogens is 511 g/mol. The van der Waals surface area contributed by atoms with Gasteiger partial charge in [-0.2, -0.15) is 0 Å². The monoisotopic (exact) mass is 546 g/mol. The van der Waals surface area contributed by atoms with E-state index in [4.69, 9.17) is 37.4 Å². The largest absolute Gasteiger partial charge is 0.489 e. The van der Waals surface area contributed by atoms with E-state index in [0.717, 1.165) is 18.7 Å². The van der Waals surface area contributed by atoms with Crippen molar-refractivity contribution in [1.29, 1.82) is 0 Å². The molecule has 4 unspecified atom stereocenters. The summed E-state index contributed by atoms with van der Waals surface area (Å²) >= 11 is 12.7. The Morgan fingerprint density at radius 3 is 2.49 bits per heavy atom. The summed E-state index contributed by atoms with van der Waals surface area (Å²) in [5, 5.41) is 11.7. The standard InChI is InChI=1S/C25H36Cl2N2O5S/c1-7-8-32-19-10-18(27)17(26)9-14(19)22(28-35(31)24(2,3)4)21-15-11-29(12-16(15)21)23(30)20-13-33-25(5,6)34-20/h7,9-10,15-16,20-23,28,30H,1,8,11-13H2,2-6H3/t15-,16+,20-,21?,22?,23?,35?/m1/s1. The van der Waals surface area contributed by atoms with Crippen LogP contribution < -0.4 is 9.46 Å². The molecule has 2 N–H and O–H groups in total. The summed E-state index contributed by atoms with van der Waals surface area (Å²) in [4.78, 5) is 2.06. The molecule has 2 aliphatic heterocycles. The quantitative estimate of drug-likeness (QED) is 0.449. The Balaban J connectivity index is 1.55. The number of hydrogen-bond donors (Lipinski definition) is 2. The minimum atomic E-state index is -1.31. The highest BCUT2D eigenvalue weighted by Crippen LogP contribution is 2.59. The van der Waals surface area contributed by atoms with Gasteiger partial charge in [-0.25, -0.2) is 8.93 Å². The first kappa shape index (κ1) is 27.3. The van der Waals surface area contributed by atoms with E-state index in [2.05, 4.69) is 16.2 Å². The molecule has 1 aliphatic carbocycles. The topological polar surface area (TPSA) is 80.3 Å². The van der Waals surface area contributed by atoms with Crippen LogP contribution in [-0.2, 0) is 20.5 Å². The van der Waals surface area contributed by atoms with Gasteiger partial charge in [-0.05, 0) is 58.4 Å². The van der Waals surface area contributed by atoms with Crippen molar-refractivity contribution in [2.45, 2.75) is 63.5 Å². The van der Waals surface area contributed by atoms with Crippen LogP contribution >= 0.6 is 23.2 Å². The van der Waals surface area contributed by atoms with Crippen LogP contribution in [0.4, 0.5) is 0 Å². The lowest BCUT2D eigenvalue weighted by atomic mass is 9.98. The van der Waals surface area contributed by atoms with Gasteiger partial charge in [0.05, 0.1) is 38.4 Å². The number of hydrogen-bond acceptors (Lipinski definition) is 6. The summed E-state index contributed by atoms with van der Waals surface area (Å²) in [6.07, 6.45) is 0.567. The summed E-state index contributed by atoms with van der Waals surface area (Å²) in [5.74, 6) is 0.791. The highest BCUT2D eigenvalue weighted by Gasteiger charge is 2.61. The van der Waals surface area contributed by atoms with E-state index in [0.29, 0.717) is 40.8 Å². The molecule has 1 aromatic carbocycles. The van der Waals surface area contributed by atoms with Crippen molar-refractivity contribution in [3.8, 4) is 5.75 Å². The normalized spacial score (nSPS) is 30.5. The second-order valence-electron chi connectivity index (χ2n) is 11.0. The first-order valence-corrected chi connectivity index (χ1v) is 13.9. The highest BCUT2D eigenvalue weighted by atomic mass is 35.5. The lowest BCUT2D eigenvalue weighted by Crippen LogP contribution is -2.46. The second-order valence-corrected chi connectivity index (χ2v) is 13.8. The number of aliphatic hydroxyl groups is 1. The van der Waals surface area contributed by atoms with E-state index in [1.165, 1.54) is 0 Å². The van der Waals surface area contributed by atoms with Crippen LogP contribution in [0.5, 0.6) is 5.75 Å². The van der Waals surface area contributed by atoms with Gasteiger partial charge in [0.25, 0.3) is 0 Å². The van der Waals surface area contributed by atoms with Crippen molar-refractivity contribution in [1.82, 2.24) is 9.62 Å². The van der Waals surface area contributed by atoms with Gasteiger partial charge in [0.15, 0.2) is 5.79 Å². The minimum Gasteiger partial charge on any atom is -0.489 e. The van der Waals surface area contributed by atoms with Crippen LogP contribution in [0.1, 0.15) is 46.2 Å². The third-order valence-electron chi connectivity index (χ3n) is 6.95. The fraction of sp³-hybridized carbons (Fsp3) is 0.680. The fourth-order valence-corrected chi connectivity index (χ4v) is 6.31.